The molecule has 0 fully saturated rings. The smallest absolute Gasteiger partial charge is 0.0475 e. The molecule has 0 aromatic carbocycles. The lowest BCUT2D eigenvalue weighted by Crippen LogP contribution is -2.29. The number of fused-ring (bicyclic) bond motifs is 1. The van der Waals surface area contributed by atoms with Crippen LogP contribution in [0.3, 0.4) is 0 Å². The Morgan fingerprint density at radius 3 is 2.91 bits per heavy atom. The molecule has 1 aliphatic heterocycles. The maximum absolute atomic E-state index is 6.09. The number of hydrogen-bond acceptors (Lipinski definition) is 3. The number of halogens is 1. The SMILES string of the molecule is CCN(CC)CCCC(C)N=C1C=CNC2=CC(Cl)=CCC21. The predicted molar refractivity (Wildman–Crippen MR) is 96.3 cm³/mol. The van der Waals surface area contributed by atoms with E-state index in [1.165, 1.54) is 24.4 Å². The first-order valence-electron chi connectivity index (χ1n) is 8.44. The first-order valence-corrected chi connectivity index (χ1v) is 8.82. The summed E-state index contributed by atoms with van der Waals surface area (Å²) in [6.07, 6.45) is 11.5. The molecule has 0 aromatic heterocycles. The van der Waals surface area contributed by atoms with Crippen molar-refractivity contribution in [1.29, 1.82) is 0 Å². The summed E-state index contributed by atoms with van der Waals surface area (Å²) >= 11 is 6.09. The van der Waals surface area contributed by atoms with Gasteiger partial charge >= 0.3 is 0 Å². The van der Waals surface area contributed by atoms with Gasteiger partial charge in [0, 0.05) is 34.6 Å². The monoisotopic (exact) mass is 321 g/mol. The first-order chi connectivity index (χ1) is 10.6. The molecule has 2 atom stereocenters. The lowest BCUT2D eigenvalue weighted by atomic mass is 9.89. The van der Waals surface area contributed by atoms with Gasteiger partial charge in [0.05, 0.1) is 0 Å². The molecule has 0 aromatic rings. The Bertz CT molecular complexity index is 487. The Balaban J connectivity index is 1.90. The van der Waals surface area contributed by atoms with E-state index in [0.29, 0.717) is 12.0 Å². The van der Waals surface area contributed by atoms with E-state index in [1.54, 1.807) is 0 Å². The van der Waals surface area contributed by atoms with Crippen molar-refractivity contribution in [2.45, 2.75) is 46.1 Å². The molecule has 122 valence electrons. The fraction of sp³-hybridized carbons (Fsp3) is 0.611. The Morgan fingerprint density at radius 1 is 1.41 bits per heavy atom. The molecule has 0 amide bonds. The Kier molecular flexibility index (Phi) is 6.71. The molecule has 22 heavy (non-hydrogen) atoms. The highest BCUT2D eigenvalue weighted by atomic mass is 35.5. The summed E-state index contributed by atoms with van der Waals surface area (Å²) < 4.78 is 0. The topological polar surface area (TPSA) is 27.6 Å². The van der Waals surface area contributed by atoms with Gasteiger partial charge in [-0.25, -0.2) is 0 Å². The van der Waals surface area contributed by atoms with Crippen LogP contribution in [0.15, 0.2) is 40.1 Å². The molecule has 1 heterocycles. The van der Waals surface area contributed by atoms with Crippen LogP contribution in [0.1, 0.15) is 40.0 Å². The number of hydrogen-bond donors (Lipinski definition) is 1. The van der Waals surface area contributed by atoms with Crippen molar-refractivity contribution in [3.05, 3.63) is 35.2 Å². The minimum Gasteiger partial charge on any atom is -0.364 e. The molecular weight excluding hydrogens is 294 g/mol. The minimum absolute atomic E-state index is 0.345. The Morgan fingerprint density at radius 2 is 2.18 bits per heavy atom. The largest absolute Gasteiger partial charge is 0.364 e. The van der Waals surface area contributed by atoms with Crippen molar-refractivity contribution in [3.8, 4) is 0 Å². The maximum Gasteiger partial charge on any atom is 0.0475 e. The average molecular weight is 322 g/mol. The van der Waals surface area contributed by atoms with Gasteiger partial charge in [-0.2, -0.15) is 0 Å². The summed E-state index contributed by atoms with van der Waals surface area (Å²) in [7, 11) is 0. The normalized spacial score (nSPS) is 23.9. The minimum atomic E-state index is 0.345. The van der Waals surface area contributed by atoms with Crippen LogP contribution >= 0.6 is 11.6 Å². The number of nitrogens with zero attached hydrogens (tertiary/aromatic N) is 2. The number of nitrogens with one attached hydrogen (secondary N) is 1. The molecule has 0 spiro atoms. The molecule has 4 heteroatoms. The maximum atomic E-state index is 6.09. The van der Waals surface area contributed by atoms with E-state index in [0.717, 1.165) is 31.0 Å². The molecule has 0 bridgehead atoms. The van der Waals surface area contributed by atoms with Crippen molar-refractivity contribution in [2.24, 2.45) is 10.9 Å². The number of aliphatic imine (C=N–C) groups is 1. The summed E-state index contributed by atoms with van der Waals surface area (Å²) in [5.74, 6) is 0.345. The van der Waals surface area contributed by atoms with Crippen LogP contribution in [-0.4, -0.2) is 36.3 Å². The Labute approximate surface area is 139 Å². The van der Waals surface area contributed by atoms with E-state index in [4.69, 9.17) is 16.6 Å². The third kappa shape index (κ3) is 4.72. The van der Waals surface area contributed by atoms with Crippen LogP contribution in [0.5, 0.6) is 0 Å². The van der Waals surface area contributed by atoms with Crippen molar-refractivity contribution in [3.63, 3.8) is 0 Å². The van der Waals surface area contributed by atoms with Gasteiger partial charge in [0.25, 0.3) is 0 Å². The van der Waals surface area contributed by atoms with E-state index in [9.17, 15) is 0 Å². The predicted octanol–water partition coefficient (Wildman–Crippen LogP) is 4.08. The molecule has 2 unspecified atom stereocenters. The first kappa shape index (κ1) is 17.3. The highest BCUT2D eigenvalue weighted by Gasteiger charge is 2.24. The van der Waals surface area contributed by atoms with Crippen LogP contribution in [-0.2, 0) is 0 Å². The van der Waals surface area contributed by atoms with Crippen molar-refractivity contribution >= 4 is 17.3 Å². The summed E-state index contributed by atoms with van der Waals surface area (Å²) in [6.45, 7) is 10.1. The van der Waals surface area contributed by atoms with Crippen LogP contribution in [0.4, 0.5) is 0 Å². The molecule has 3 nitrogen and oxygen atoms in total. The molecule has 0 radical (unpaired) electrons. The molecule has 1 aliphatic carbocycles. The zero-order valence-corrected chi connectivity index (χ0v) is 14.7. The molecular formula is C18H28ClN3. The van der Waals surface area contributed by atoms with Gasteiger partial charge in [0.2, 0.25) is 0 Å². The standard InChI is InChI=1S/C18H28ClN3/c1-4-22(5-2)12-6-7-14(3)21-17-10-11-20-18-13-15(19)8-9-16(17)18/h8,10-11,13-14,16,20H,4-7,9,12H2,1-3H3. The fourth-order valence-corrected chi connectivity index (χ4v) is 3.24. The van der Waals surface area contributed by atoms with Gasteiger partial charge in [-0.15, -0.1) is 0 Å². The lowest BCUT2D eigenvalue weighted by Gasteiger charge is -2.27. The van der Waals surface area contributed by atoms with Gasteiger partial charge in [0.15, 0.2) is 0 Å². The van der Waals surface area contributed by atoms with Gasteiger partial charge in [-0.3, -0.25) is 4.99 Å². The molecule has 1 N–H and O–H groups in total. The average Bonchev–Trinajstić information content (AvgIpc) is 2.51. The summed E-state index contributed by atoms with van der Waals surface area (Å²) in [4.78, 5) is 7.42. The Hall–Kier alpha value is -1.06. The van der Waals surface area contributed by atoms with Gasteiger partial charge < -0.3 is 10.2 Å². The van der Waals surface area contributed by atoms with Crippen LogP contribution in [0.2, 0.25) is 0 Å². The molecule has 0 saturated heterocycles. The second-order valence-corrected chi connectivity index (χ2v) is 6.46. The van der Waals surface area contributed by atoms with Crippen molar-refractivity contribution < 1.29 is 0 Å². The zero-order valence-electron chi connectivity index (χ0n) is 14.0. The van der Waals surface area contributed by atoms with Crippen LogP contribution < -0.4 is 5.32 Å². The second-order valence-electron chi connectivity index (χ2n) is 6.03. The third-order valence-corrected chi connectivity index (χ3v) is 4.70. The summed E-state index contributed by atoms with van der Waals surface area (Å²) in [6, 6.07) is 0.371. The zero-order chi connectivity index (χ0) is 15.9. The van der Waals surface area contributed by atoms with Crippen molar-refractivity contribution in [2.75, 3.05) is 19.6 Å². The van der Waals surface area contributed by atoms with Gasteiger partial charge in [-0.1, -0.05) is 31.5 Å². The highest BCUT2D eigenvalue weighted by molar-refractivity contribution is 6.31. The second kappa shape index (κ2) is 8.54. The van der Waals surface area contributed by atoms with E-state index in [1.807, 2.05) is 12.3 Å². The van der Waals surface area contributed by atoms with Gasteiger partial charge in [-0.05, 0) is 58.0 Å². The molecule has 0 saturated carbocycles. The summed E-state index contributed by atoms with van der Waals surface area (Å²) in [5, 5.41) is 4.12. The van der Waals surface area contributed by atoms with E-state index in [2.05, 4.69) is 43.1 Å². The third-order valence-electron chi connectivity index (χ3n) is 4.44. The quantitative estimate of drug-likeness (QED) is 0.765. The lowest BCUT2D eigenvalue weighted by molar-refractivity contribution is 0.294. The van der Waals surface area contributed by atoms with Crippen LogP contribution in [0.25, 0.3) is 0 Å². The number of allylic oxidation sites excluding steroid dienone is 5. The highest BCUT2D eigenvalue weighted by Crippen LogP contribution is 2.28. The van der Waals surface area contributed by atoms with Crippen LogP contribution in [0, 0.1) is 5.92 Å². The van der Waals surface area contributed by atoms with Crippen molar-refractivity contribution in [1.82, 2.24) is 10.2 Å². The van der Waals surface area contributed by atoms with Gasteiger partial charge in [0.1, 0.15) is 0 Å². The summed E-state index contributed by atoms with van der Waals surface area (Å²) in [5.41, 5.74) is 2.35. The van der Waals surface area contributed by atoms with E-state index < -0.39 is 0 Å². The van der Waals surface area contributed by atoms with E-state index in [-0.39, 0.29) is 0 Å². The number of rotatable bonds is 7. The van der Waals surface area contributed by atoms with E-state index >= 15 is 0 Å². The fourth-order valence-electron chi connectivity index (χ4n) is 3.03. The molecule has 2 aliphatic rings. The molecule has 2 rings (SSSR count).